The van der Waals surface area contributed by atoms with Crippen LogP contribution >= 0.6 is 0 Å². The minimum atomic E-state index is 0.636. The summed E-state index contributed by atoms with van der Waals surface area (Å²) >= 11 is 0. The van der Waals surface area contributed by atoms with Gasteiger partial charge in [-0.1, -0.05) is 24.3 Å². The van der Waals surface area contributed by atoms with Crippen LogP contribution in [-0.2, 0) is 26.2 Å². The number of hydrogen-bond donors (Lipinski definition) is 2. The minimum Gasteiger partial charge on any atom is -0.468 e. The summed E-state index contributed by atoms with van der Waals surface area (Å²) in [7, 11) is 2.11. The Labute approximate surface area is 191 Å². The monoisotopic (exact) mass is 436 g/mol. The highest BCUT2D eigenvalue weighted by Crippen LogP contribution is 2.14. The quantitative estimate of drug-likeness (QED) is 0.271. The first-order valence-corrected chi connectivity index (χ1v) is 11.4. The molecule has 0 aliphatic carbocycles. The molecule has 0 amide bonds. The van der Waals surface area contributed by atoms with E-state index < -0.39 is 0 Å². The highest BCUT2D eigenvalue weighted by Gasteiger charge is 2.08. The van der Waals surface area contributed by atoms with E-state index in [1.807, 2.05) is 19.1 Å². The lowest BCUT2D eigenvalue weighted by atomic mass is 10.1. The van der Waals surface area contributed by atoms with E-state index in [0.29, 0.717) is 6.54 Å². The number of guanidine groups is 1. The molecule has 0 aliphatic rings. The third kappa shape index (κ3) is 7.27. The Kier molecular flexibility index (Phi) is 8.92. The van der Waals surface area contributed by atoms with E-state index in [4.69, 9.17) is 9.41 Å². The van der Waals surface area contributed by atoms with E-state index in [0.717, 1.165) is 56.6 Å². The first kappa shape index (κ1) is 23.6. The average molecular weight is 437 g/mol. The molecule has 7 nitrogen and oxygen atoms in total. The van der Waals surface area contributed by atoms with Gasteiger partial charge in [0.15, 0.2) is 5.96 Å². The second kappa shape index (κ2) is 12.1. The molecule has 0 bridgehead atoms. The van der Waals surface area contributed by atoms with E-state index in [9.17, 15) is 0 Å². The number of benzene rings is 1. The summed E-state index contributed by atoms with van der Waals surface area (Å²) in [6.07, 6.45) is 2.71. The van der Waals surface area contributed by atoms with E-state index in [-0.39, 0.29) is 0 Å². The number of aromatic nitrogens is 2. The smallest absolute Gasteiger partial charge is 0.191 e. The Hall–Kier alpha value is -3.06. The number of aliphatic imine (C=N–C) groups is 1. The Morgan fingerprint density at radius 3 is 2.59 bits per heavy atom. The van der Waals surface area contributed by atoms with Crippen LogP contribution in [0.15, 0.2) is 58.1 Å². The van der Waals surface area contributed by atoms with Crippen LogP contribution in [0.25, 0.3) is 0 Å². The standard InChI is InChI=1S/C25H36N6O/c1-5-26-25(27-13-9-14-31-21(3)16-20(2)29-31)28-17-22-10-6-7-11-23(22)18-30(4)19-24-12-8-15-32-24/h6-8,10-12,15-16H,5,9,13-14,17-19H2,1-4H3,(H2,26,27,28). The maximum atomic E-state index is 5.48. The molecule has 3 rings (SSSR count). The highest BCUT2D eigenvalue weighted by atomic mass is 16.3. The van der Waals surface area contributed by atoms with Crippen LogP contribution in [0, 0.1) is 13.8 Å². The first-order valence-electron chi connectivity index (χ1n) is 11.4. The zero-order valence-corrected chi connectivity index (χ0v) is 19.8. The van der Waals surface area contributed by atoms with E-state index in [1.54, 1.807) is 6.26 Å². The summed E-state index contributed by atoms with van der Waals surface area (Å²) in [6.45, 7) is 11.1. The summed E-state index contributed by atoms with van der Waals surface area (Å²) in [4.78, 5) is 7.08. The van der Waals surface area contributed by atoms with Gasteiger partial charge in [-0.15, -0.1) is 0 Å². The first-order chi connectivity index (χ1) is 15.5. The van der Waals surface area contributed by atoms with E-state index in [2.05, 4.69) is 76.5 Å². The van der Waals surface area contributed by atoms with Gasteiger partial charge < -0.3 is 15.1 Å². The van der Waals surface area contributed by atoms with Crippen LogP contribution < -0.4 is 10.6 Å². The second-order valence-electron chi connectivity index (χ2n) is 8.15. The molecule has 2 aromatic heterocycles. The van der Waals surface area contributed by atoms with Crippen LogP contribution in [-0.4, -0.2) is 40.8 Å². The molecule has 0 atom stereocenters. The lowest BCUT2D eigenvalue weighted by molar-refractivity contribution is 0.287. The number of aryl methyl sites for hydroxylation is 3. The van der Waals surface area contributed by atoms with Crippen LogP contribution in [0.2, 0.25) is 0 Å². The second-order valence-corrected chi connectivity index (χ2v) is 8.15. The maximum Gasteiger partial charge on any atom is 0.191 e. The van der Waals surface area contributed by atoms with E-state index in [1.165, 1.54) is 16.8 Å². The fourth-order valence-corrected chi connectivity index (χ4v) is 3.72. The summed E-state index contributed by atoms with van der Waals surface area (Å²) < 4.78 is 7.54. The fourth-order valence-electron chi connectivity index (χ4n) is 3.72. The van der Waals surface area contributed by atoms with Crippen molar-refractivity contribution < 1.29 is 4.42 Å². The van der Waals surface area contributed by atoms with Crippen molar-refractivity contribution in [2.24, 2.45) is 4.99 Å². The highest BCUT2D eigenvalue weighted by molar-refractivity contribution is 5.79. The molecule has 0 unspecified atom stereocenters. The van der Waals surface area contributed by atoms with Crippen molar-refractivity contribution >= 4 is 5.96 Å². The van der Waals surface area contributed by atoms with Crippen molar-refractivity contribution in [3.8, 4) is 0 Å². The lowest BCUT2D eigenvalue weighted by Crippen LogP contribution is -2.38. The van der Waals surface area contributed by atoms with Gasteiger partial charge in [-0.2, -0.15) is 5.10 Å². The number of furan rings is 1. The number of nitrogens with zero attached hydrogens (tertiary/aromatic N) is 4. The molecule has 0 saturated heterocycles. The minimum absolute atomic E-state index is 0.636. The summed E-state index contributed by atoms with van der Waals surface area (Å²) in [5.74, 6) is 1.82. The normalized spacial score (nSPS) is 11.8. The average Bonchev–Trinajstić information content (AvgIpc) is 3.38. The molecule has 0 spiro atoms. The number of nitrogens with one attached hydrogen (secondary N) is 2. The van der Waals surface area contributed by atoms with Gasteiger partial charge in [-0.25, -0.2) is 4.99 Å². The molecule has 0 saturated carbocycles. The Balaban J connectivity index is 1.54. The van der Waals surface area contributed by atoms with Gasteiger partial charge in [0.1, 0.15) is 5.76 Å². The number of rotatable bonds is 11. The van der Waals surface area contributed by atoms with Crippen LogP contribution in [0.4, 0.5) is 0 Å². The van der Waals surface area contributed by atoms with Gasteiger partial charge in [-0.3, -0.25) is 9.58 Å². The van der Waals surface area contributed by atoms with Gasteiger partial charge in [-0.05, 0) is 63.6 Å². The van der Waals surface area contributed by atoms with Gasteiger partial charge >= 0.3 is 0 Å². The van der Waals surface area contributed by atoms with Crippen LogP contribution in [0.5, 0.6) is 0 Å². The summed E-state index contributed by atoms with van der Waals surface area (Å²) in [5, 5.41) is 11.3. The molecule has 32 heavy (non-hydrogen) atoms. The molecule has 3 aromatic rings. The Morgan fingerprint density at radius 2 is 1.91 bits per heavy atom. The van der Waals surface area contributed by atoms with Crippen LogP contribution in [0.3, 0.4) is 0 Å². The van der Waals surface area contributed by atoms with Gasteiger partial charge in [0.2, 0.25) is 0 Å². The zero-order valence-electron chi connectivity index (χ0n) is 19.8. The molecule has 2 N–H and O–H groups in total. The van der Waals surface area contributed by atoms with Crippen LogP contribution in [0.1, 0.15) is 41.6 Å². The zero-order chi connectivity index (χ0) is 22.8. The van der Waals surface area contributed by atoms with Gasteiger partial charge in [0.05, 0.1) is 25.0 Å². The predicted molar refractivity (Wildman–Crippen MR) is 129 cm³/mol. The molecule has 0 radical (unpaired) electrons. The SMILES string of the molecule is CCNC(=NCc1ccccc1CN(C)Cc1ccco1)NCCCn1nc(C)cc1C. The molecule has 1 aromatic carbocycles. The fraction of sp³-hybridized carbons (Fsp3) is 0.440. The van der Waals surface area contributed by atoms with Crippen molar-refractivity contribution in [3.05, 3.63) is 77.0 Å². The maximum absolute atomic E-state index is 5.48. The summed E-state index contributed by atoms with van der Waals surface area (Å²) in [5.41, 5.74) is 4.79. The molecule has 172 valence electrons. The van der Waals surface area contributed by atoms with Gasteiger partial charge in [0.25, 0.3) is 0 Å². The molecule has 0 fully saturated rings. The largest absolute Gasteiger partial charge is 0.468 e. The van der Waals surface area contributed by atoms with E-state index >= 15 is 0 Å². The molecular formula is C25H36N6O. The van der Waals surface area contributed by atoms with Gasteiger partial charge in [0, 0.05) is 31.9 Å². The third-order valence-corrected chi connectivity index (χ3v) is 5.26. The van der Waals surface area contributed by atoms with Crippen molar-refractivity contribution in [3.63, 3.8) is 0 Å². The predicted octanol–water partition coefficient (Wildman–Crippen LogP) is 3.87. The Bertz CT molecular complexity index is 976. The molecular weight excluding hydrogens is 400 g/mol. The molecule has 7 heteroatoms. The van der Waals surface area contributed by atoms with Crippen molar-refractivity contribution in [1.29, 1.82) is 0 Å². The molecule has 0 aliphatic heterocycles. The lowest BCUT2D eigenvalue weighted by Gasteiger charge is -2.18. The topological polar surface area (TPSA) is 70.6 Å². The van der Waals surface area contributed by atoms with Crippen molar-refractivity contribution in [2.75, 3.05) is 20.1 Å². The number of hydrogen-bond acceptors (Lipinski definition) is 4. The third-order valence-electron chi connectivity index (χ3n) is 5.26. The Morgan fingerprint density at radius 1 is 1.09 bits per heavy atom. The summed E-state index contributed by atoms with van der Waals surface area (Å²) in [6, 6.07) is 14.6. The molecule has 2 heterocycles. The van der Waals surface area contributed by atoms with Crippen molar-refractivity contribution in [2.45, 2.75) is 53.4 Å². The van der Waals surface area contributed by atoms with Crippen molar-refractivity contribution in [1.82, 2.24) is 25.3 Å².